The van der Waals surface area contributed by atoms with Crippen molar-refractivity contribution in [3.63, 3.8) is 0 Å². The van der Waals surface area contributed by atoms with Crippen LogP contribution < -0.4 is 0 Å². The highest BCUT2D eigenvalue weighted by Gasteiger charge is 2.44. The number of carbonyl (C=O) groups excluding carboxylic acids is 2. The zero-order chi connectivity index (χ0) is 6.43. The first-order valence-corrected chi connectivity index (χ1v) is 3.11. The number of carbonyl (C=O) groups is 2. The Balaban J connectivity index is 2.26. The summed E-state index contributed by atoms with van der Waals surface area (Å²) >= 11 is 0. The van der Waals surface area contributed by atoms with Crippen molar-refractivity contribution >= 4 is 11.7 Å². The van der Waals surface area contributed by atoms with E-state index in [-0.39, 0.29) is 24.2 Å². The van der Waals surface area contributed by atoms with Crippen LogP contribution >= 0.6 is 0 Å². The van der Waals surface area contributed by atoms with Gasteiger partial charge >= 0.3 is 0 Å². The molecule has 1 atom stereocenters. The molecular weight excluding hydrogens is 118 g/mol. The largest absolute Gasteiger partial charge is 0.332 e. The monoisotopic (exact) mass is 125 g/mol. The zero-order valence-electron chi connectivity index (χ0n) is 4.96. The molecule has 2 rings (SSSR count). The average molecular weight is 125 g/mol. The normalized spacial score (nSPS) is 32.4. The quantitative estimate of drug-likeness (QED) is 0.411. The van der Waals surface area contributed by atoms with E-state index < -0.39 is 0 Å². The molecule has 0 aromatic heterocycles. The van der Waals surface area contributed by atoms with Crippen molar-refractivity contribution in [1.29, 1.82) is 0 Å². The number of rotatable bonds is 0. The van der Waals surface area contributed by atoms with Gasteiger partial charge in [0.05, 0.1) is 12.5 Å². The fourth-order valence-electron chi connectivity index (χ4n) is 1.39. The van der Waals surface area contributed by atoms with E-state index in [4.69, 9.17) is 0 Å². The van der Waals surface area contributed by atoms with Crippen molar-refractivity contribution in [2.24, 2.45) is 0 Å². The van der Waals surface area contributed by atoms with E-state index in [1.807, 2.05) is 0 Å². The fraction of sp³-hybridized carbons (Fsp3) is 0.667. The molecule has 2 heterocycles. The Kier molecular flexibility index (Phi) is 0.743. The lowest BCUT2D eigenvalue weighted by atomic mass is 10.0. The Morgan fingerprint density at radius 3 is 2.44 bits per heavy atom. The Morgan fingerprint density at radius 1 is 1.44 bits per heavy atom. The van der Waals surface area contributed by atoms with Crippen molar-refractivity contribution in [2.45, 2.75) is 18.9 Å². The summed E-state index contributed by atoms with van der Waals surface area (Å²) in [4.78, 5) is 23.2. The van der Waals surface area contributed by atoms with Gasteiger partial charge in [0.2, 0.25) is 5.91 Å². The van der Waals surface area contributed by atoms with Gasteiger partial charge in [-0.2, -0.15) is 0 Å². The summed E-state index contributed by atoms with van der Waals surface area (Å²) in [5.41, 5.74) is 0. The molecule has 1 amide bonds. The van der Waals surface area contributed by atoms with Crippen molar-refractivity contribution in [1.82, 2.24) is 4.90 Å². The first-order chi connectivity index (χ1) is 4.29. The van der Waals surface area contributed by atoms with Crippen LogP contribution in [0.25, 0.3) is 0 Å². The van der Waals surface area contributed by atoms with Crippen LogP contribution in [0.5, 0.6) is 0 Å². The van der Waals surface area contributed by atoms with E-state index in [9.17, 15) is 9.59 Å². The molecule has 0 aromatic carbocycles. The lowest BCUT2D eigenvalue weighted by Gasteiger charge is -2.32. The molecule has 0 aromatic rings. The third kappa shape index (κ3) is 0.465. The van der Waals surface area contributed by atoms with Crippen LogP contribution in [0.15, 0.2) is 0 Å². The van der Waals surface area contributed by atoms with Gasteiger partial charge in [-0.05, 0) is 6.42 Å². The van der Waals surface area contributed by atoms with E-state index in [0.717, 1.165) is 13.0 Å². The molecule has 9 heavy (non-hydrogen) atoms. The molecule has 2 fully saturated rings. The Hall–Kier alpha value is -0.860. The highest BCUT2D eigenvalue weighted by Crippen LogP contribution is 2.26. The molecule has 2 saturated heterocycles. The highest BCUT2D eigenvalue weighted by molar-refractivity contribution is 6.08. The van der Waals surface area contributed by atoms with Crippen LogP contribution in [-0.4, -0.2) is 29.2 Å². The van der Waals surface area contributed by atoms with Gasteiger partial charge in [0, 0.05) is 6.54 Å². The molecule has 2 aliphatic heterocycles. The molecule has 3 nitrogen and oxygen atoms in total. The van der Waals surface area contributed by atoms with Crippen molar-refractivity contribution in [2.75, 3.05) is 6.54 Å². The van der Waals surface area contributed by atoms with Gasteiger partial charge in [0.15, 0.2) is 5.78 Å². The van der Waals surface area contributed by atoms with E-state index in [0.29, 0.717) is 0 Å². The maximum absolute atomic E-state index is 10.8. The molecule has 0 saturated carbocycles. The third-order valence-corrected chi connectivity index (χ3v) is 2.04. The van der Waals surface area contributed by atoms with Crippen LogP contribution in [0, 0.1) is 0 Å². The standard InChI is InChI=1S/C6H7NO2/c8-5-3-6(9)7-2-1-4(5)7/h4H,1-3H2/t4-/m0/s1. The topological polar surface area (TPSA) is 37.4 Å². The van der Waals surface area contributed by atoms with Gasteiger partial charge in [-0.1, -0.05) is 0 Å². The predicted molar refractivity (Wildman–Crippen MR) is 29.7 cm³/mol. The molecule has 3 heteroatoms. The Morgan fingerprint density at radius 2 is 2.22 bits per heavy atom. The first kappa shape index (κ1) is 4.97. The van der Waals surface area contributed by atoms with Crippen molar-refractivity contribution in [3.05, 3.63) is 0 Å². The molecule has 2 aliphatic rings. The minimum absolute atomic E-state index is 0.0162. The molecule has 0 N–H and O–H groups in total. The molecule has 0 spiro atoms. The maximum Gasteiger partial charge on any atom is 0.230 e. The number of hydrogen-bond donors (Lipinski definition) is 0. The summed E-state index contributed by atoms with van der Waals surface area (Å²) in [6.07, 6.45) is 1.05. The lowest BCUT2D eigenvalue weighted by Crippen LogP contribution is -2.47. The second-order valence-electron chi connectivity index (χ2n) is 2.53. The third-order valence-electron chi connectivity index (χ3n) is 2.04. The molecule has 0 radical (unpaired) electrons. The van der Waals surface area contributed by atoms with E-state index in [1.165, 1.54) is 0 Å². The Bertz CT molecular complexity index is 167. The highest BCUT2D eigenvalue weighted by atomic mass is 16.2. The number of nitrogens with zero attached hydrogens (tertiary/aromatic N) is 1. The summed E-state index contributed by atoms with van der Waals surface area (Å²) < 4.78 is 0. The number of hydrogen-bond acceptors (Lipinski definition) is 2. The summed E-state index contributed by atoms with van der Waals surface area (Å²) in [6.45, 7) is 0.801. The molecule has 0 aliphatic carbocycles. The second kappa shape index (κ2) is 1.35. The zero-order valence-corrected chi connectivity index (χ0v) is 4.96. The smallest absolute Gasteiger partial charge is 0.230 e. The van der Waals surface area contributed by atoms with Gasteiger partial charge in [-0.15, -0.1) is 0 Å². The molecular formula is C6H7NO2. The number of amides is 1. The van der Waals surface area contributed by atoms with E-state index in [2.05, 4.69) is 0 Å². The second-order valence-corrected chi connectivity index (χ2v) is 2.53. The maximum atomic E-state index is 10.8. The van der Waals surface area contributed by atoms with E-state index >= 15 is 0 Å². The lowest BCUT2D eigenvalue weighted by molar-refractivity contribution is -0.133. The van der Waals surface area contributed by atoms with Gasteiger partial charge in [0.25, 0.3) is 0 Å². The Labute approximate surface area is 52.6 Å². The summed E-state index contributed by atoms with van der Waals surface area (Å²) in [5, 5.41) is 0. The average Bonchev–Trinajstić information content (AvgIpc) is 1.73. The minimum atomic E-state index is -0.0162. The van der Waals surface area contributed by atoms with Gasteiger partial charge in [0.1, 0.15) is 0 Å². The molecule has 0 unspecified atom stereocenters. The predicted octanol–water partition coefficient (Wildman–Crippen LogP) is -0.440. The number of ketones is 1. The van der Waals surface area contributed by atoms with Gasteiger partial charge in [-0.3, -0.25) is 9.59 Å². The molecule has 0 bridgehead atoms. The summed E-state index contributed by atoms with van der Waals surface area (Å²) in [5.74, 6) is 0.141. The SMILES string of the molecule is O=C1CC(=O)N2CC[C@@H]12. The van der Waals surface area contributed by atoms with Crippen LogP contribution in [0.2, 0.25) is 0 Å². The van der Waals surface area contributed by atoms with Crippen molar-refractivity contribution < 1.29 is 9.59 Å². The first-order valence-electron chi connectivity index (χ1n) is 3.11. The van der Waals surface area contributed by atoms with Crippen LogP contribution in [0.1, 0.15) is 12.8 Å². The van der Waals surface area contributed by atoms with Gasteiger partial charge < -0.3 is 4.90 Å². The van der Waals surface area contributed by atoms with E-state index in [1.54, 1.807) is 4.90 Å². The summed E-state index contributed by atoms with van der Waals surface area (Å²) in [6, 6.07) is -0.0162. The fourth-order valence-corrected chi connectivity index (χ4v) is 1.39. The summed E-state index contributed by atoms with van der Waals surface area (Å²) in [7, 11) is 0. The van der Waals surface area contributed by atoms with Gasteiger partial charge in [-0.25, -0.2) is 0 Å². The number of fused-ring (bicyclic) bond motifs is 1. The molecule has 48 valence electrons. The number of Topliss-reactive ketones (excluding diaryl/α,β-unsaturated/α-hetero) is 1. The van der Waals surface area contributed by atoms with Crippen molar-refractivity contribution in [3.8, 4) is 0 Å². The van der Waals surface area contributed by atoms with Crippen LogP contribution in [0.3, 0.4) is 0 Å². The van der Waals surface area contributed by atoms with Crippen LogP contribution in [-0.2, 0) is 9.59 Å². The minimum Gasteiger partial charge on any atom is -0.332 e. The van der Waals surface area contributed by atoms with Crippen LogP contribution in [0.4, 0.5) is 0 Å².